The molecule has 0 N–H and O–H groups in total. The van der Waals surface area contributed by atoms with Gasteiger partial charge in [-0.2, -0.15) is 0 Å². The normalized spacial score (nSPS) is 10.9. The van der Waals surface area contributed by atoms with Gasteiger partial charge in [-0.15, -0.1) is 0 Å². The zero-order valence-electron chi connectivity index (χ0n) is 14.8. The van der Waals surface area contributed by atoms with Gasteiger partial charge in [0.25, 0.3) is 10.0 Å². The molecule has 0 radical (unpaired) electrons. The van der Waals surface area contributed by atoms with Crippen molar-refractivity contribution in [1.82, 2.24) is 0 Å². The summed E-state index contributed by atoms with van der Waals surface area (Å²) in [7, 11) is -4.02. The largest absolute Gasteiger partial charge is 0.489 e. The summed E-state index contributed by atoms with van der Waals surface area (Å²) in [6.45, 7) is 5.18. The van der Waals surface area contributed by atoms with Crippen LogP contribution >= 0.6 is 11.6 Å². The van der Waals surface area contributed by atoms with Crippen molar-refractivity contribution < 1.29 is 22.7 Å². The van der Waals surface area contributed by atoms with E-state index in [9.17, 15) is 13.2 Å². The Kier molecular flexibility index (Phi) is 7.27. The van der Waals surface area contributed by atoms with E-state index in [2.05, 4.69) is 6.58 Å². The highest BCUT2D eigenvalue weighted by Gasteiger charge is 2.28. The van der Waals surface area contributed by atoms with Crippen LogP contribution in [-0.2, 0) is 19.6 Å². The Morgan fingerprint density at radius 2 is 1.93 bits per heavy atom. The number of hydrogen-bond acceptors (Lipinski definition) is 5. The predicted octanol–water partition coefficient (Wildman–Crippen LogP) is 3.66. The maximum atomic E-state index is 13.1. The van der Waals surface area contributed by atoms with Crippen LogP contribution in [0.15, 0.2) is 66.1 Å². The van der Waals surface area contributed by atoms with E-state index >= 15 is 0 Å². The van der Waals surface area contributed by atoms with Crippen molar-refractivity contribution in [3.8, 4) is 5.75 Å². The highest BCUT2D eigenvalue weighted by atomic mass is 35.5. The van der Waals surface area contributed by atoms with Crippen LogP contribution in [0.4, 0.5) is 5.69 Å². The Morgan fingerprint density at radius 1 is 1.22 bits per heavy atom. The third-order valence-corrected chi connectivity index (χ3v) is 5.49. The summed E-state index contributed by atoms with van der Waals surface area (Å²) in [6, 6.07) is 12.2. The molecule has 144 valence electrons. The van der Waals surface area contributed by atoms with Crippen molar-refractivity contribution in [2.24, 2.45) is 0 Å². The Hall–Kier alpha value is -2.51. The SMILES string of the molecule is C=CCOc1cccc(N(CC(=O)OCC)S(=O)(=O)c2ccc(Cl)cc2)c1. The first-order valence-electron chi connectivity index (χ1n) is 8.16. The van der Waals surface area contributed by atoms with E-state index in [4.69, 9.17) is 21.1 Å². The molecular formula is C19H20ClNO5S. The topological polar surface area (TPSA) is 72.9 Å². The molecule has 8 heteroatoms. The minimum Gasteiger partial charge on any atom is -0.489 e. The monoisotopic (exact) mass is 409 g/mol. The Bertz CT molecular complexity index is 897. The molecule has 2 aromatic rings. The van der Waals surface area contributed by atoms with Gasteiger partial charge in [0.2, 0.25) is 0 Å². The number of carbonyl (C=O) groups excluding carboxylic acids is 1. The molecule has 2 aromatic carbocycles. The summed E-state index contributed by atoms with van der Waals surface area (Å²) in [6.07, 6.45) is 1.58. The van der Waals surface area contributed by atoms with E-state index in [0.717, 1.165) is 4.31 Å². The van der Waals surface area contributed by atoms with Gasteiger partial charge in [0.15, 0.2) is 0 Å². The van der Waals surface area contributed by atoms with Crippen LogP contribution in [0.25, 0.3) is 0 Å². The molecule has 0 saturated carbocycles. The second kappa shape index (κ2) is 9.43. The van der Waals surface area contributed by atoms with Gasteiger partial charge in [0, 0.05) is 11.1 Å². The van der Waals surface area contributed by atoms with Crippen molar-refractivity contribution in [1.29, 1.82) is 0 Å². The van der Waals surface area contributed by atoms with E-state index in [0.29, 0.717) is 10.8 Å². The number of benzene rings is 2. The molecule has 0 atom stereocenters. The summed E-state index contributed by atoms with van der Waals surface area (Å²) in [5, 5.41) is 0.408. The lowest BCUT2D eigenvalue weighted by Gasteiger charge is -2.24. The van der Waals surface area contributed by atoms with E-state index in [1.807, 2.05) is 0 Å². The lowest BCUT2D eigenvalue weighted by atomic mass is 10.3. The van der Waals surface area contributed by atoms with E-state index in [-0.39, 0.29) is 23.8 Å². The fraction of sp³-hybridized carbons (Fsp3) is 0.211. The molecule has 0 aliphatic carbocycles. The third kappa shape index (κ3) is 5.48. The molecule has 0 aliphatic heterocycles. The highest BCUT2D eigenvalue weighted by molar-refractivity contribution is 7.92. The van der Waals surface area contributed by atoms with Crippen molar-refractivity contribution in [2.45, 2.75) is 11.8 Å². The highest BCUT2D eigenvalue weighted by Crippen LogP contribution is 2.27. The second-order valence-corrected chi connectivity index (χ2v) is 7.67. The molecule has 0 saturated heterocycles. The molecule has 0 fully saturated rings. The smallest absolute Gasteiger partial charge is 0.326 e. The van der Waals surface area contributed by atoms with Crippen LogP contribution in [0.1, 0.15) is 6.92 Å². The first kappa shape index (κ1) is 20.8. The molecule has 0 bridgehead atoms. The Labute approximate surface area is 164 Å². The average molecular weight is 410 g/mol. The molecule has 0 unspecified atom stereocenters. The third-order valence-electron chi connectivity index (χ3n) is 3.45. The summed E-state index contributed by atoms with van der Waals surface area (Å²) in [5.74, 6) is -0.208. The maximum Gasteiger partial charge on any atom is 0.326 e. The quantitative estimate of drug-likeness (QED) is 0.466. The zero-order chi connectivity index (χ0) is 19.9. The van der Waals surface area contributed by atoms with E-state index in [1.165, 1.54) is 30.3 Å². The number of nitrogens with zero attached hydrogens (tertiary/aromatic N) is 1. The summed E-state index contributed by atoms with van der Waals surface area (Å²) in [4.78, 5) is 12.0. The van der Waals surface area contributed by atoms with Gasteiger partial charge in [-0.1, -0.05) is 30.3 Å². The fourth-order valence-corrected chi connectivity index (χ4v) is 3.78. The minimum absolute atomic E-state index is 0.00797. The van der Waals surface area contributed by atoms with Gasteiger partial charge in [0.05, 0.1) is 17.2 Å². The number of hydrogen-bond donors (Lipinski definition) is 0. The van der Waals surface area contributed by atoms with Crippen LogP contribution in [0.2, 0.25) is 5.02 Å². The molecule has 0 aliphatic rings. The molecule has 0 amide bonds. The number of esters is 1. The first-order chi connectivity index (χ1) is 12.9. The van der Waals surface area contributed by atoms with Crippen LogP contribution in [0, 0.1) is 0 Å². The number of halogens is 1. The van der Waals surface area contributed by atoms with Crippen molar-refractivity contribution in [3.63, 3.8) is 0 Å². The molecule has 27 heavy (non-hydrogen) atoms. The number of rotatable bonds is 9. The number of anilines is 1. The molecule has 0 aromatic heterocycles. The van der Waals surface area contributed by atoms with Gasteiger partial charge < -0.3 is 9.47 Å². The summed E-state index contributed by atoms with van der Waals surface area (Å²) < 4.78 is 37.6. The predicted molar refractivity (Wildman–Crippen MR) is 105 cm³/mol. The van der Waals surface area contributed by atoms with Gasteiger partial charge in [-0.25, -0.2) is 8.42 Å². The van der Waals surface area contributed by atoms with Gasteiger partial charge in [-0.3, -0.25) is 9.10 Å². The summed E-state index contributed by atoms with van der Waals surface area (Å²) >= 11 is 5.85. The molecule has 0 spiro atoms. The van der Waals surface area contributed by atoms with E-state index in [1.54, 1.807) is 31.2 Å². The number of sulfonamides is 1. The lowest BCUT2D eigenvalue weighted by molar-refractivity contribution is -0.141. The van der Waals surface area contributed by atoms with Crippen LogP contribution < -0.4 is 9.04 Å². The Balaban J connectivity index is 2.46. The molecule has 6 nitrogen and oxygen atoms in total. The minimum atomic E-state index is -4.02. The van der Waals surface area contributed by atoms with Gasteiger partial charge in [-0.05, 0) is 43.3 Å². The second-order valence-electron chi connectivity index (χ2n) is 5.37. The Morgan fingerprint density at radius 3 is 2.56 bits per heavy atom. The first-order valence-corrected chi connectivity index (χ1v) is 9.98. The van der Waals surface area contributed by atoms with Gasteiger partial charge in [0.1, 0.15) is 18.9 Å². The number of carbonyl (C=O) groups is 1. The molecular weight excluding hydrogens is 390 g/mol. The van der Waals surface area contributed by atoms with Crippen molar-refractivity contribution >= 4 is 33.3 Å². The van der Waals surface area contributed by atoms with E-state index < -0.39 is 22.5 Å². The fourth-order valence-electron chi connectivity index (χ4n) is 2.26. The zero-order valence-corrected chi connectivity index (χ0v) is 16.4. The molecule has 2 rings (SSSR count). The standard InChI is InChI=1S/C19H20ClNO5S/c1-3-12-26-17-7-5-6-16(13-17)21(14-19(22)25-4-2)27(23,24)18-10-8-15(20)9-11-18/h3,5-11,13H,1,4,12,14H2,2H3. The van der Waals surface area contributed by atoms with Gasteiger partial charge >= 0.3 is 5.97 Å². The maximum absolute atomic E-state index is 13.1. The number of ether oxygens (including phenoxy) is 2. The van der Waals surface area contributed by atoms with Crippen LogP contribution in [0.3, 0.4) is 0 Å². The van der Waals surface area contributed by atoms with Crippen molar-refractivity contribution in [3.05, 3.63) is 66.2 Å². The van der Waals surface area contributed by atoms with Crippen LogP contribution in [-0.4, -0.2) is 34.1 Å². The van der Waals surface area contributed by atoms with Crippen LogP contribution in [0.5, 0.6) is 5.75 Å². The van der Waals surface area contributed by atoms with Crippen molar-refractivity contribution in [2.75, 3.05) is 24.1 Å². The molecule has 0 heterocycles. The lowest BCUT2D eigenvalue weighted by Crippen LogP contribution is -2.36. The summed E-state index contributed by atoms with van der Waals surface area (Å²) in [5.41, 5.74) is 0.277. The average Bonchev–Trinajstić information content (AvgIpc) is 2.65.